The molecule has 1 fully saturated rings. The summed E-state index contributed by atoms with van der Waals surface area (Å²) in [6.45, 7) is 9.09. The zero-order chi connectivity index (χ0) is 30.6. The normalized spacial score (nSPS) is 14.3. The minimum absolute atomic E-state index is 0.249. The number of hydrogen-bond donors (Lipinski definition) is 1. The highest BCUT2D eigenvalue weighted by molar-refractivity contribution is 5.83. The molecule has 0 aliphatic carbocycles. The number of nitrogen functional groups attached to an aromatic ring is 1. The fourth-order valence-electron chi connectivity index (χ4n) is 5.30. The molecule has 2 N–H and O–H groups in total. The van der Waals surface area contributed by atoms with Crippen LogP contribution < -0.4 is 19.9 Å². The Balaban J connectivity index is 1.18. The molecule has 3 heterocycles. The first-order chi connectivity index (χ1) is 20.9. The fourth-order valence-corrected chi connectivity index (χ4v) is 5.30. The van der Waals surface area contributed by atoms with Gasteiger partial charge < -0.3 is 34.5 Å². The fraction of sp³-hybridized carbons (Fsp3) is 0.613. The average molecular weight is 598 g/mol. The van der Waals surface area contributed by atoms with E-state index in [4.69, 9.17) is 24.7 Å². The van der Waals surface area contributed by atoms with Gasteiger partial charge in [-0.05, 0) is 82.5 Å². The predicted molar refractivity (Wildman–Crippen MR) is 166 cm³/mol. The molecule has 1 saturated heterocycles. The van der Waals surface area contributed by atoms with E-state index >= 15 is 0 Å². The van der Waals surface area contributed by atoms with Crippen LogP contribution in [0.25, 0.3) is 11.2 Å². The number of rotatable bonds is 17. The van der Waals surface area contributed by atoms with Crippen molar-refractivity contribution in [3.8, 4) is 17.8 Å². The van der Waals surface area contributed by atoms with Gasteiger partial charge >= 0.3 is 12.0 Å². The molecule has 0 amide bonds. The molecule has 0 bridgehead atoms. The van der Waals surface area contributed by atoms with Gasteiger partial charge in [-0.3, -0.25) is 9.36 Å². The van der Waals surface area contributed by atoms with Gasteiger partial charge in [-0.2, -0.15) is 15.0 Å². The smallest absolute Gasteiger partial charge is 0.320 e. The van der Waals surface area contributed by atoms with Crippen LogP contribution in [0.2, 0.25) is 0 Å². The Bertz CT molecular complexity index is 1310. The van der Waals surface area contributed by atoms with Gasteiger partial charge in [0.25, 0.3) is 6.01 Å². The van der Waals surface area contributed by atoms with Crippen LogP contribution in [0, 0.1) is 5.92 Å². The number of anilines is 1. The van der Waals surface area contributed by atoms with Gasteiger partial charge in [0.1, 0.15) is 12.4 Å². The van der Waals surface area contributed by atoms with Crippen LogP contribution in [0.1, 0.15) is 44.6 Å². The number of nitrogens with two attached hydrogens (primary N) is 1. The van der Waals surface area contributed by atoms with Crippen molar-refractivity contribution >= 4 is 23.0 Å². The molecular formula is C31H47N7O5. The topological polar surface area (TPSA) is 130 Å². The average Bonchev–Trinajstić information content (AvgIpc) is 3.36. The number of nitrogens with zero attached hydrogens (tertiary/aromatic N) is 6. The third-order valence-corrected chi connectivity index (χ3v) is 7.86. The number of benzene rings is 1. The number of methoxy groups -OCH3 is 2. The third kappa shape index (κ3) is 9.42. The lowest BCUT2D eigenvalue weighted by Gasteiger charge is -2.32. The van der Waals surface area contributed by atoms with Crippen molar-refractivity contribution in [2.45, 2.75) is 52.0 Å². The van der Waals surface area contributed by atoms with Gasteiger partial charge in [0.05, 0.1) is 27.2 Å². The zero-order valence-electron chi connectivity index (χ0n) is 26.1. The van der Waals surface area contributed by atoms with Crippen molar-refractivity contribution in [3.05, 3.63) is 29.8 Å². The Hall–Kier alpha value is -3.64. The Labute approximate surface area is 254 Å². The molecule has 4 rings (SSSR count). The van der Waals surface area contributed by atoms with Crippen molar-refractivity contribution in [2.24, 2.45) is 5.92 Å². The molecule has 1 aromatic carbocycles. The van der Waals surface area contributed by atoms with Gasteiger partial charge in [-0.25, -0.2) is 0 Å². The Morgan fingerprint density at radius 1 is 1.07 bits per heavy atom. The number of likely N-dealkylation sites (N-methyl/N-ethyl adjacent to an activating group) is 1. The highest BCUT2D eigenvalue weighted by Gasteiger charge is 2.24. The number of carbonyl (C=O) groups is 1. The van der Waals surface area contributed by atoms with Crippen LogP contribution in [-0.2, 0) is 22.5 Å². The summed E-state index contributed by atoms with van der Waals surface area (Å²) in [6.07, 6.45) is 5.52. The summed E-state index contributed by atoms with van der Waals surface area (Å²) >= 11 is 0. The van der Waals surface area contributed by atoms with Crippen LogP contribution in [-0.4, -0.2) is 102 Å². The number of likely N-dealkylation sites (tertiary alicyclic amines) is 1. The molecule has 236 valence electrons. The predicted octanol–water partition coefficient (Wildman–Crippen LogP) is 3.42. The molecule has 0 unspecified atom stereocenters. The summed E-state index contributed by atoms with van der Waals surface area (Å²) < 4.78 is 24.0. The lowest BCUT2D eigenvalue weighted by Crippen LogP contribution is -2.37. The van der Waals surface area contributed by atoms with E-state index in [2.05, 4.69) is 38.7 Å². The molecule has 2 aromatic heterocycles. The number of unbranched alkanes of at least 4 members (excludes halogenated alkanes) is 1. The zero-order valence-corrected chi connectivity index (χ0v) is 26.1. The molecule has 12 nitrogen and oxygen atoms in total. The summed E-state index contributed by atoms with van der Waals surface area (Å²) in [7, 11) is 5.15. The summed E-state index contributed by atoms with van der Waals surface area (Å²) in [5.41, 5.74) is 8.31. The maximum Gasteiger partial charge on any atom is 0.320 e. The van der Waals surface area contributed by atoms with E-state index in [0.29, 0.717) is 48.1 Å². The van der Waals surface area contributed by atoms with Crippen LogP contribution in [0.15, 0.2) is 24.3 Å². The Morgan fingerprint density at radius 2 is 1.88 bits per heavy atom. The lowest BCUT2D eigenvalue weighted by atomic mass is 9.96. The molecular weight excluding hydrogens is 550 g/mol. The van der Waals surface area contributed by atoms with Crippen LogP contribution in [0.3, 0.4) is 0 Å². The van der Waals surface area contributed by atoms with Gasteiger partial charge in [0, 0.05) is 13.1 Å². The van der Waals surface area contributed by atoms with E-state index in [1.54, 1.807) is 7.11 Å². The van der Waals surface area contributed by atoms with Crippen molar-refractivity contribution < 1.29 is 23.7 Å². The summed E-state index contributed by atoms with van der Waals surface area (Å²) in [5, 5.41) is 0. The van der Waals surface area contributed by atoms with E-state index in [0.717, 1.165) is 82.7 Å². The van der Waals surface area contributed by atoms with Crippen molar-refractivity contribution in [2.75, 3.05) is 72.9 Å². The number of imidazole rings is 1. The number of hydrogen-bond acceptors (Lipinski definition) is 11. The highest BCUT2D eigenvalue weighted by Crippen LogP contribution is 2.29. The van der Waals surface area contributed by atoms with Gasteiger partial charge in [0.15, 0.2) is 17.0 Å². The largest absolute Gasteiger partial charge is 0.492 e. The van der Waals surface area contributed by atoms with Crippen molar-refractivity contribution in [3.63, 3.8) is 0 Å². The molecule has 3 aromatic rings. The molecule has 0 radical (unpaired) electrons. The quantitative estimate of drug-likeness (QED) is 0.181. The first-order valence-corrected chi connectivity index (χ1v) is 15.3. The molecule has 0 spiro atoms. The molecule has 0 saturated carbocycles. The number of fused-ring (bicyclic) bond motifs is 1. The number of esters is 1. The van der Waals surface area contributed by atoms with Crippen LogP contribution in [0.4, 0.5) is 5.82 Å². The number of carbonyl (C=O) groups excluding carboxylic acids is 1. The minimum Gasteiger partial charge on any atom is -0.492 e. The first-order valence-electron chi connectivity index (χ1n) is 15.3. The monoisotopic (exact) mass is 597 g/mol. The van der Waals surface area contributed by atoms with Crippen molar-refractivity contribution in [1.29, 1.82) is 0 Å². The second kappa shape index (κ2) is 16.3. The minimum atomic E-state index is -0.254. The molecule has 12 heteroatoms. The molecule has 1 aliphatic heterocycles. The van der Waals surface area contributed by atoms with Gasteiger partial charge in [0.2, 0.25) is 0 Å². The van der Waals surface area contributed by atoms with Crippen LogP contribution >= 0.6 is 0 Å². The van der Waals surface area contributed by atoms with E-state index < -0.39 is 0 Å². The third-order valence-electron chi connectivity index (χ3n) is 7.86. The second-order valence-electron chi connectivity index (χ2n) is 11.2. The molecule has 0 atom stereocenters. The Morgan fingerprint density at radius 3 is 2.63 bits per heavy atom. The number of aromatic nitrogens is 4. The first kappa shape index (κ1) is 32.3. The second-order valence-corrected chi connectivity index (χ2v) is 11.2. The Kier molecular flexibility index (Phi) is 12.2. The van der Waals surface area contributed by atoms with E-state index in [1.807, 2.05) is 28.8 Å². The molecule has 43 heavy (non-hydrogen) atoms. The summed E-state index contributed by atoms with van der Waals surface area (Å²) in [5.74, 6) is 1.32. The number of ether oxygens (including phenoxy) is 4. The van der Waals surface area contributed by atoms with E-state index in [-0.39, 0.29) is 12.4 Å². The van der Waals surface area contributed by atoms with Gasteiger partial charge in [-0.1, -0.05) is 25.5 Å². The lowest BCUT2D eigenvalue weighted by molar-refractivity contribution is -0.139. The van der Waals surface area contributed by atoms with E-state index in [1.165, 1.54) is 7.11 Å². The van der Waals surface area contributed by atoms with E-state index in [9.17, 15) is 4.79 Å². The van der Waals surface area contributed by atoms with Gasteiger partial charge in [-0.15, -0.1) is 0 Å². The maximum absolute atomic E-state index is 11.5. The summed E-state index contributed by atoms with van der Waals surface area (Å²) in [4.78, 5) is 29.8. The number of piperidine rings is 1. The molecule has 1 aliphatic rings. The standard InChI is InChI=1S/C31H47N7O5/c1-5-6-18-43-30-34-28(32)27-29(35-30)38(31(33-27)41-4)22-23-11-15-37(16-12-23)14-8-13-36(2)17-19-42-25-10-7-9-24(20-25)21-26(39)40-3/h7,9-10,20,23H,5-6,8,11-19,21-22H2,1-4H3,(H2,32,34,35). The van der Waals surface area contributed by atoms with Crippen LogP contribution in [0.5, 0.6) is 17.8 Å². The van der Waals surface area contributed by atoms with Crippen molar-refractivity contribution in [1.82, 2.24) is 29.3 Å². The summed E-state index contributed by atoms with van der Waals surface area (Å²) in [6, 6.07) is 8.41. The SMILES string of the molecule is CCCCOc1nc(N)c2nc(OC)n(CC3CCN(CCCN(C)CCOc4cccc(CC(=O)OC)c4)CC3)c2n1. The highest BCUT2D eigenvalue weighted by atomic mass is 16.5. The maximum atomic E-state index is 11.5.